The Morgan fingerprint density at radius 1 is 1.46 bits per heavy atom. The third-order valence-corrected chi connectivity index (χ3v) is 3.32. The average molecular weight is 175 g/mol. The van der Waals surface area contributed by atoms with E-state index in [0.29, 0.717) is 6.42 Å². The Morgan fingerprint density at radius 2 is 2.08 bits per heavy atom. The highest BCUT2D eigenvalue weighted by Gasteiger charge is 2.33. The molecular formula is C12H17N. The molecule has 1 nitrogen and oxygen atoms in total. The smallest absolute Gasteiger partial charge is 0.0699 e. The van der Waals surface area contributed by atoms with Gasteiger partial charge in [0.1, 0.15) is 0 Å². The predicted molar refractivity (Wildman–Crippen MR) is 53.7 cm³/mol. The number of nitrogens with zero attached hydrogens (tertiary/aromatic N) is 1. The molecule has 0 saturated heterocycles. The molecule has 0 spiro atoms. The molecule has 1 rings (SSSR count). The normalized spacial score (nSPS) is 33.3. The highest BCUT2D eigenvalue weighted by Crippen LogP contribution is 2.41. The van der Waals surface area contributed by atoms with Crippen molar-refractivity contribution in [3.8, 4) is 18.4 Å². The van der Waals surface area contributed by atoms with Crippen molar-refractivity contribution in [3.05, 3.63) is 0 Å². The largest absolute Gasteiger partial charge is 0.198 e. The molecule has 0 aromatic carbocycles. The van der Waals surface area contributed by atoms with Crippen molar-refractivity contribution in [3.63, 3.8) is 0 Å². The summed E-state index contributed by atoms with van der Waals surface area (Å²) in [6, 6.07) is 2.42. The minimum absolute atomic E-state index is 0.180. The molecule has 1 heteroatoms. The van der Waals surface area contributed by atoms with Crippen LogP contribution in [0.3, 0.4) is 0 Å². The van der Waals surface area contributed by atoms with E-state index in [-0.39, 0.29) is 5.41 Å². The third-order valence-electron chi connectivity index (χ3n) is 3.32. The van der Waals surface area contributed by atoms with Gasteiger partial charge in [-0.25, -0.2) is 0 Å². The zero-order valence-corrected chi connectivity index (χ0v) is 8.34. The summed E-state index contributed by atoms with van der Waals surface area (Å²) in [6.45, 7) is 2.23. The lowest BCUT2D eigenvalue weighted by atomic mass is 9.69. The lowest BCUT2D eigenvalue weighted by molar-refractivity contribution is 0.211. The Bertz CT molecular complexity index is 233. The molecule has 0 atom stereocenters. The molecule has 0 heterocycles. The van der Waals surface area contributed by atoms with E-state index in [0.717, 1.165) is 18.8 Å². The Morgan fingerprint density at radius 3 is 2.46 bits per heavy atom. The summed E-state index contributed by atoms with van der Waals surface area (Å²) in [4.78, 5) is 0. The second-order valence-electron chi connectivity index (χ2n) is 4.12. The molecule has 0 aromatic rings. The first kappa shape index (κ1) is 10.1. The Balaban J connectivity index is 2.55. The van der Waals surface area contributed by atoms with Gasteiger partial charge in [-0.05, 0) is 31.6 Å². The molecule has 0 aliphatic heterocycles. The van der Waals surface area contributed by atoms with E-state index in [4.69, 9.17) is 11.7 Å². The fourth-order valence-corrected chi connectivity index (χ4v) is 2.16. The lowest BCUT2D eigenvalue weighted by Crippen LogP contribution is -2.25. The number of hydrogen-bond donors (Lipinski definition) is 0. The van der Waals surface area contributed by atoms with Gasteiger partial charge in [-0.1, -0.05) is 13.3 Å². The van der Waals surface area contributed by atoms with Crippen LogP contribution in [0.15, 0.2) is 0 Å². The van der Waals surface area contributed by atoms with Crippen molar-refractivity contribution in [2.45, 2.75) is 45.4 Å². The van der Waals surface area contributed by atoms with Crippen molar-refractivity contribution in [2.24, 2.45) is 11.3 Å². The lowest BCUT2D eigenvalue weighted by Gasteiger charge is -2.33. The van der Waals surface area contributed by atoms with Crippen LogP contribution in [0.2, 0.25) is 0 Å². The van der Waals surface area contributed by atoms with E-state index in [1.165, 1.54) is 19.3 Å². The monoisotopic (exact) mass is 175 g/mol. The molecule has 0 amide bonds. The van der Waals surface area contributed by atoms with Crippen LogP contribution in [-0.2, 0) is 0 Å². The minimum atomic E-state index is -0.180. The van der Waals surface area contributed by atoms with Crippen molar-refractivity contribution < 1.29 is 0 Å². The van der Waals surface area contributed by atoms with Gasteiger partial charge in [-0.15, -0.1) is 12.3 Å². The van der Waals surface area contributed by atoms with Crippen molar-refractivity contribution in [1.82, 2.24) is 0 Å². The fourth-order valence-electron chi connectivity index (χ4n) is 2.16. The van der Waals surface area contributed by atoms with Crippen molar-refractivity contribution in [1.29, 1.82) is 5.26 Å². The molecule has 0 radical (unpaired) electrons. The van der Waals surface area contributed by atoms with Gasteiger partial charge < -0.3 is 0 Å². The Hall–Kier alpha value is -0.950. The molecule has 70 valence electrons. The van der Waals surface area contributed by atoms with Crippen LogP contribution in [0.1, 0.15) is 45.4 Å². The first-order valence-electron chi connectivity index (χ1n) is 5.11. The molecule has 0 aromatic heterocycles. The van der Waals surface area contributed by atoms with Crippen LogP contribution in [0.5, 0.6) is 0 Å². The van der Waals surface area contributed by atoms with Crippen LogP contribution < -0.4 is 0 Å². The number of terminal acetylenes is 1. The maximum Gasteiger partial charge on any atom is 0.0699 e. The highest BCUT2D eigenvalue weighted by molar-refractivity contribution is 5.07. The van der Waals surface area contributed by atoms with Gasteiger partial charge in [-0.3, -0.25) is 0 Å². The van der Waals surface area contributed by atoms with E-state index in [2.05, 4.69) is 18.9 Å². The molecule has 0 unspecified atom stereocenters. The van der Waals surface area contributed by atoms with Crippen LogP contribution in [0, 0.1) is 35.0 Å². The van der Waals surface area contributed by atoms with E-state index in [9.17, 15) is 0 Å². The highest BCUT2D eigenvalue weighted by atomic mass is 14.4. The van der Waals surface area contributed by atoms with Gasteiger partial charge in [0.25, 0.3) is 0 Å². The summed E-state index contributed by atoms with van der Waals surface area (Å²) in [5.74, 6) is 3.47. The van der Waals surface area contributed by atoms with Crippen LogP contribution in [-0.4, -0.2) is 0 Å². The molecule has 1 fully saturated rings. The second-order valence-corrected chi connectivity index (χ2v) is 4.12. The molecule has 0 bridgehead atoms. The first-order chi connectivity index (χ1) is 6.26. The van der Waals surface area contributed by atoms with E-state index in [1.807, 2.05) is 0 Å². The van der Waals surface area contributed by atoms with E-state index in [1.54, 1.807) is 0 Å². The van der Waals surface area contributed by atoms with Gasteiger partial charge in [0, 0.05) is 6.42 Å². The zero-order valence-electron chi connectivity index (χ0n) is 8.34. The Kier molecular flexibility index (Phi) is 3.38. The third kappa shape index (κ3) is 2.25. The maximum absolute atomic E-state index is 9.09. The Labute approximate surface area is 81.1 Å². The summed E-state index contributed by atoms with van der Waals surface area (Å²) >= 11 is 0. The topological polar surface area (TPSA) is 23.8 Å². The van der Waals surface area contributed by atoms with Crippen LogP contribution in [0.4, 0.5) is 0 Å². The van der Waals surface area contributed by atoms with E-state index < -0.39 is 0 Å². The standard InChI is InChI=1S/C12H17N/c1-3-7-12(10-13)8-5-11(4-2)6-9-12/h1,11H,4-9H2,2H3. The van der Waals surface area contributed by atoms with Crippen LogP contribution in [0.25, 0.3) is 0 Å². The fraction of sp³-hybridized carbons (Fsp3) is 0.750. The average Bonchev–Trinajstić information content (AvgIpc) is 2.19. The van der Waals surface area contributed by atoms with Gasteiger partial charge in [-0.2, -0.15) is 5.26 Å². The number of hydrogen-bond acceptors (Lipinski definition) is 1. The molecule has 1 saturated carbocycles. The summed E-state index contributed by atoms with van der Waals surface area (Å²) in [5.41, 5.74) is -0.180. The predicted octanol–water partition coefficient (Wildman–Crippen LogP) is 3.12. The second kappa shape index (κ2) is 4.33. The summed E-state index contributed by atoms with van der Waals surface area (Å²) in [7, 11) is 0. The van der Waals surface area contributed by atoms with Crippen molar-refractivity contribution in [2.75, 3.05) is 0 Å². The number of rotatable bonds is 2. The zero-order chi connectivity index (χ0) is 9.73. The maximum atomic E-state index is 9.09. The SMILES string of the molecule is C#CCC1(C#N)CCC(CC)CC1. The summed E-state index contributed by atoms with van der Waals surface area (Å²) in [5, 5.41) is 9.09. The summed E-state index contributed by atoms with van der Waals surface area (Å²) in [6.07, 6.45) is 11.6. The van der Waals surface area contributed by atoms with Crippen LogP contribution >= 0.6 is 0 Å². The first-order valence-corrected chi connectivity index (χ1v) is 5.11. The van der Waals surface area contributed by atoms with Gasteiger partial charge >= 0.3 is 0 Å². The molecule has 13 heavy (non-hydrogen) atoms. The molecular weight excluding hydrogens is 158 g/mol. The van der Waals surface area contributed by atoms with Gasteiger partial charge in [0.05, 0.1) is 11.5 Å². The molecule has 0 N–H and O–H groups in total. The quantitative estimate of drug-likeness (QED) is 0.591. The van der Waals surface area contributed by atoms with E-state index >= 15 is 0 Å². The number of nitriles is 1. The minimum Gasteiger partial charge on any atom is -0.198 e. The van der Waals surface area contributed by atoms with Gasteiger partial charge in [0.2, 0.25) is 0 Å². The van der Waals surface area contributed by atoms with Gasteiger partial charge in [0.15, 0.2) is 0 Å². The molecule has 1 aliphatic rings. The molecule has 1 aliphatic carbocycles. The summed E-state index contributed by atoms with van der Waals surface area (Å²) < 4.78 is 0. The van der Waals surface area contributed by atoms with Crippen molar-refractivity contribution >= 4 is 0 Å².